The first-order valence-electron chi connectivity index (χ1n) is 7.91. The molecule has 1 aliphatic heterocycles. The molecular weight excluding hydrogens is 321 g/mol. The highest BCUT2D eigenvalue weighted by molar-refractivity contribution is 5.96. The summed E-state index contributed by atoms with van der Waals surface area (Å²) in [7, 11) is 0. The van der Waals surface area contributed by atoms with Crippen LogP contribution in [-0.4, -0.2) is 41.9 Å². The molecule has 2 atom stereocenters. The van der Waals surface area contributed by atoms with Gasteiger partial charge in [-0.25, -0.2) is 0 Å². The quantitative estimate of drug-likeness (QED) is 0.852. The van der Waals surface area contributed by atoms with Crippen LogP contribution in [0.5, 0.6) is 0 Å². The van der Waals surface area contributed by atoms with Gasteiger partial charge in [0.2, 0.25) is 5.91 Å². The molecule has 2 unspecified atom stereocenters. The molecule has 0 saturated carbocycles. The Morgan fingerprint density at radius 3 is 2.42 bits per heavy atom. The van der Waals surface area contributed by atoms with Crippen LogP contribution in [0.2, 0.25) is 0 Å². The molecule has 0 spiro atoms. The second-order valence-corrected chi connectivity index (χ2v) is 6.17. The molecule has 1 saturated heterocycles. The SMILES string of the molecule is CC(=O)c1ccc(NC(=O)C(C)N2CCCC(C(F)(F)F)C2)cc1. The predicted octanol–water partition coefficient (Wildman–Crippen LogP) is 3.49. The van der Waals surface area contributed by atoms with E-state index in [1.807, 2.05) is 0 Å². The second-order valence-electron chi connectivity index (χ2n) is 6.17. The van der Waals surface area contributed by atoms with Gasteiger partial charge in [-0.05, 0) is 57.5 Å². The Labute approximate surface area is 139 Å². The Hall–Kier alpha value is -1.89. The van der Waals surface area contributed by atoms with Crippen LogP contribution in [0.15, 0.2) is 24.3 Å². The lowest BCUT2D eigenvalue weighted by atomic mass is 9.96. The number of rotatable bonds is 4. The van der Waals surface area contributed by atoms with Crippen LogP contribution in [0.25, 0.3) is 0 Å². The molecule has 0 bridgehead atoms. The first-order valence-corrected chi connectivity index (χ1v) is 7.91. The van der Waals surface area contributed by atoms with Crippen molar-refractivity contribution in [3.8, 4) is 0 Å². The average molecular weight is 342 g/mol. The zero-order valence-electron chi connectivity index (χ0n) is 13.7. The van der Waals surface area contributed by atoms with Gasteiger partial charge in [-0.3, -0.25) is 14.5 Å². The van der Waals surface area contributed by atoms with Gasteiger partial charge in [0.15, 0.2) is 5.78 Å². The number of carbonyl (C=O) groups is 2. The van der Waals surface area contributed by atoms with Crippen molar-refractivity contribution in [2.24, 2.45) is 5.92 Å². The van der Waals surface area contributed by atoms with Gasteiger partial charge in [-0.1, -0.05) is 0 Å². The third kappa shape index (κ3) is 4.56. The Morgan fingerprint density at radius 2 is 1.88 bits per heavy atom. The molecule has 1 aliphatic rings. The molecule has 132 valence electrons. The van der Waals surface area contributed by atoms with E-state index in [0.717, 1.165) is 0 Å². The van der Waals surface area contributed by atoms with E-state index in [9.17, 15) is 22.8 Å². The number of piperidine rings is 1. The van der Waals surface area contributed by atoms with E-state index >= 15 is 0 Å². The maximum Gasteiger partial charge on any atom is 0.393 e. The molecular formula is C17H21F3N2O2. The van der Waals surface area contributed by atoms with Gasteiger partial charge in [0.05, 0.1) is 12.0 Å². The van der Waals surface area contributed by atoms with Gasteiger partial charge in [-0.2, -0.15) is 13.2 Å². The number of ketones is 1. The Bertz CT molecular complexity index is 599. The lowest BCUT2D eigenvalue weighted by Gasteiger charge is -2.36. The maximum atomic E-state index is 12.9. The van der Waals surface area contributed by atoms with E-state index in [1.165, 1.54) is 6.92 Å². The maximum absolute atomic E-state index is 12.9. The number of likely N-dealkylation sites (tertiary alicyclic amines) is 1. The van der Waals surface area contributed by atoms with E-state index in [2.05, 4.69) is 5.32 Å². The Morgan fingerprint density at radius 1 is 1.25 bits per heavy atom. The van der Waals surface area contributed by atoms with E-state index in [-0.39, 0.29) is 24.7 Å². The van der Waals surface area contributed by atoms with Crippen molar-refractivity contribution in [3.63, 3.8) is 0 Å². The molecule has 1 heterocycles. The standard InChI is InChI=1S/C17H21F3N2O2/c1-11(22-9-3-4-14(10-22)17(18,19)20)16(24)21-15-7-5-13(6-8-15)12(2)23/h5-8,11,14H,3-4,9-10H2,1-2H3,(H,21,24). The van der Waals surface area contributed by atoms with Crippen LogP contribution in [0.4, 0.5) is 18.9 Å². The number of nitrogens with one attached hydrogen (secondary N) is 1. The smallest absolute Gasteiger partial charge is 0.325 e. The summed E-state index contributed by atoms with van der Waals surface area (Å²) in [6.45, 7) is 3.38. The summed E-state index contributed by atoms with van der Waals surface area (Å²) in [4.78, 5) is 25.1. The molecule has 2 rings (SSSR count). The van der Waals surface area contributed by atoms with Gasteiger partial charge in [0.1, 0.15) is 0 Å². The zero-order chi connectivity index (χ0) is 17.9. The van der Waals surface area contributed by atoms with Gasteiger partial charge >= 0.3 is 6.18 Å². The number of carbonyl (C=O) groups excluding carboxylic acids is 2. The van der Waals surface area contributed by atoms with Gasteiger partial charge < -0.3 is 5.32 Å². The first kappa shape index (κ1) is 18.4. The van der Waals surface area contributed by atoms with Crippen molar-refractivity contribution >= 4 is 17.4 Å². The summed E-state index contributed by atoms with van der Waals surface area (Å²) in [5.41, 5.74) is 1.05. The summed E-state index contributed by atoms with van der Waals surface area (Å²) in [5, 5.41) is 2.69. The van der Waals surface area contributed by atoms with Crippen LogP contribution >= 0.6 is 0 Å². The van der Waals surface area contributed by atoms with Crippen molar-refractivity contribution in [2.45, 2.75) is 38.9 Å². The molecule has 1 N–H and O–H groups in total. The van der Waals surface area contributed by atoms with Crippen molar-refractivity contribution in [2.75, 3.05) is 18.4 Å². The summed E-state index contributed by atoms with van der Waals surface area (Å²) in [5.74, 6) is -1.81. The van der Waals surface area contributed by atoms with E-state index in [1.54, 1.807) is 36.1 Å². The first-order chi connectivity index (χ1) is 11.2. The number of hydrogen-bond acceptors (Lipinski definition) is 3. The number of halogens is 3. The predicted molar refractivity (Wildman–Crippen MR) is 84.9 cm³/mol. The zero-order valence-corrected chi connectivity index (χ0v) is 13.7. The molecule has 0 aromatic heterocycles. The Balaban J connectivity index is 1.97. The number of benzene rings is 1. The van der Waals surface area contributed by atoms with Crippen LogP contribution < -0.4 is 5.32 Å². The summed E-state index contributed by atoms with van der Waals surface area (Å²) in [6.07, 6.45) is -3.69. The summed E-state index contributed by atoms with van der Waals surface area (Å²) < 4.78 is 38.6. The fourth-order valence-electron chi connectivity index (χ4n) is 2.83. The normalized spacial score (nSPS) is 20.5. The van der Waals surface area contributed by atoms with Crippen LogP contribution in [0, 0.1) is 5.92 Å². The average Bonchev–Trinajstić information content (AvgIpc) is 2.54. The van der Waals surface area contributed by atoms with Crippen molar-refractivity contribution in [1.29, 1.82) is 0 Å². The minimum absolute atomic E-state index is 0.0762. The third-order valence-corrected chi connectivity index (χ3v) is 4.40. The second kappa shape index (κ2) is 7.34. The van der Waals surface area contributed by atoms with Gasteiger partial charge in [-0.15, -0.1) is 0 Å². The molecule has 4 nitrogen and oxygen atoms in total. The topological polar surface area (TPSA) is 49.4 Å². The molecule has 7 heteroatoms. The van der Waals surface area contributed by atoms with Crippen molar-refractivity contribution in [1.82, 2.24) is 4.90 Å². The van der Waals surface area contributed by atoms with Crippen LogP contribution in [-0.2, 0) is 4.79 Å². The summed E-state index contributed by atoms with van der Waals surface area (Å²) >= 11 is 0. The van der Waals surface area contributed by atoms with Crippen molar-refractivity contribution < 1.29 is 22.8 Å². The third-order valence-electron chi connectivity index (χ3n) is 4.40. The van der Waals surface area contributed by atoms with Crippen LogP contribution in [0.1, 0.15) is 37.0 Å². The molecule has 1 fully saturated rings. The van der Waals surface area contributed by atoms with E-state index in [0.29, 0.717) is 24.2 Å². The molecule has 24 heavy (non-hydrogen) atoms. The van der Waals surface area contributed by atoms with Gasteiger partial charge in [0, 0.05) is 17.8 Å². The number of anilines is 1. The monoisotopic (exact) mass is 342 g/mol. The number of alkyl halides is 3. The minimum atomic E-state index is -4.22. The number of nitrogens with zero attached hydrogens (tertiary/aromatic N) is 1. The summed E-state index contributed by atoms with van der Waals surface area (Å²) in [6, 6.07) is 5.76. The minimum Gasteiger partial charge on any atom is -0.325 e. The molecule has 1 aromatic rings. The lowest BCUT2D eigenvalue weighted by Crippen LogP contribution is -2.49. The molecule has 1 amide bonds. The fourth-order valence-corrected chi connectivity index (χ4v) is 2.83. The largest absolute Gasteiger partial charge is 0.393 e. The van der Waals surface area contributed by atoms with Crippen LogP contribution in [0.3, 0.4) is 0 Å². The van der Waals surface area contributed by atoms with Crippen molar-refractivity contribution in [3.05, 3.63) is 29.8 Å². The fraction of sp³-hybridized carbons (Fsp3) is 0.529. The highest BCUT2D eigenvalue weighted by atomic mass is 19.4. The lowest BCUT2D eigenvalue weighted by molar-refractivity contribution is -0.188. The number of Topliss-reactive ketones (excluding diaryl/α,β-unsaturated/α-hetero) is 1. The highest BCUT2D eigenvalue weighted by Gasteiger charge is 2.43. The van der Waals surface area contributed by atoms with Gasteiger partial charge in [0.25, 0.3) is 0 Å². The molecule has 0 radical (unpaired) electrons. The highest BCUT2D eigenvalue weighted by Crippen LogP contribution is 2.33. The molecule has 0 aliphatic carbocycles. The van der Waals surface area contributed by atoms with E-state index in [4.69, 9.17) is 0 Å². The number of hydrogen-bond donors (Lipinski definition) is 1. The Kier molecular flexibility index (Phi) is 5.64. The number of amides is 1. The van der Waals surface area contributed by atoms with E-state index < -0.39 is 18.1 Å². The molecule has 1 aromatic carbocycles.